The highest BCUT2D eigenvalue weighted by atomic mass is 32.2. The SMILES string of the molecule is CCCNC(C)C1CCCN(S(=O)(=O)NCCC)C1. The van der Waals surface area contributed by atoms with E-state index in [9.17, 15) is 8.42 Å². The van der Waals surface area contributed by atoms with Gasteiger partial charge in [-0.25, -0.2) is 4.72 Å². The quantitative estimate of drug-likeness (QED) is 0.709. The number of rotatable bonds is 8. The Morgan fingerprint density at radius 3 is 2.58 bits per heavy atom. The van der Waals surface area contributed by atoms with Crippen molar-refractivity contribution < 1.29 is 8.42 Å². The summed E-state index contributed by atoms with van der Waals surface area (Å²) < 4.78 is 28.5. The Bertz CT molecular complexity index is 346. The molecule has 1 saturated heterocycles. The van der Waals surface area contributed by atoms with Crippen LogP contribution in [-0.2, 0) is 10.2 Å². The molecular weight excluding hydrogens is 262 g/mol. The predicted molar refractivity (Wildman–Crippen MR) is 79.3 cm³/mol. The molecule has 19 heavy (non-hydrogen) atoms. The maximum absolute atomic E-state index is 12.1. The topological polar surface area (TPSA) is 61.4 Å². The zero-order valence-electron chi connectivity index (χ0n) is 12.5. The lowest BCUT2D eigenvalue weighted by Gasteiger charge is -2.35. The van der Waals surface area contributed by atoms with Crippen molar-refractivity contribution in [1.29, 1.82) is 0 Å². The van der Waals surface area contributed by atoms with Gasteiger partial charge in [-0.15, -0.1) is 0 Å². The fourth-order valence-electron chi connectivity index (χ4n) is 2.46. The summed E-state index contributed by atoms with van der Waals surface area (Å²) in [6, 6.07) is 0.379. The minimum Gasteiger partial charge on any atom is -0.314 e. The number of nitrogens with zero attached hydrogens (tertiary/aromatic N) is 1. The molecule has 1 fully saturated rings. The summed E-state index contributed by atoms with van der Waals surface area (Å²) in [5.41, 5.74) is 0. The first-order valence-corrected chi connectivity index (χ1v) is 8.93. The minimum atomic E-state index is -3.28. The highest BCUT2D eigenvalue weighted by molar-refractivity contribution is 7.87. The van der Waals surface area contributed by atoms with Crippen LogP contribution >= 0.6 is 0 Å². The zero-order chi connectivity index (χ0) is 14.3. The van der Waals surface area contributed by atoms with Gasteiger partial charge in [-0.1, -0.05) is 13.8 Å². The molecule has 1 heterocycles. The fraction of sp³-hybridized carbons (Fsp3) is 1.00. The monoisotopic (exact) mass is 291 g/mol. The van der Waals surface area contributed by atoms with Crippen LogP contribution in [0.3, 0.4) is 0 Å². The molecule has 0 aliphatic carbocycles. The summed E-state index contributed by atoms with van der Waals surface area (Å²) in [6.07, 6.45) is 4.00. The van der Waals surface area contributed by atoms with Crippen molar-refractivity contribution >= 4 is 10.2 Å². The van der Waals surface area contributed by atoms with Crippen LogP contribution in [0, 0.1) is 5.92 Å². The fourth-order valence-corrected chi connectivity index (χ4v) is 3.86. The Morgan fingerprint density at radius 2 is 1.95 bits per heavy atom. The number of hydrogen-bond donors (Lipinski definition) is 2. The minimum absolute atomic E-state index is 0.379. The Hall–Kier alpha value is -0.170. The molecule has 0 saturated carbocycles. The first kappa shape index (κ1) is 16.9. The summed E-state index contributed by atoms with van der Waals surface area (Å²) >= 11 is 0. The van der Waals surface area contributed by atoms with Gasteiger partial charge in [0.1, 0.15) is 0 Å². The number of piperidine rings is 1. The average molecular weight is 291 g/mol. The van der Waals surface area contributed by atoms with Crippen LogP contribution in [0.1, 0.15) is 46.5 Å². The van der Waals surface area contributed by atoms with Crippen molar-refractivity contribution in [2.75, 3.05) is 26.2 Å². The van der Waals surface area contributed by atoms with Crippen molar-refractivity contribution in [2.24, 2.45) is 5.92 Å². The van der Waals surface area contributed by atoms with Gasteiger partial charge >= 0.3 is 0 Å². The van der Waals surface area contributed by atoms with Crippen LogP contribution in [0.15, 0.2) is 0 Å². The molecular formula is C13H29N3O2S. The van der Waals surface area contributed by atoms with Gasteiger partial charge in [-0.2, -0.15) is 12.7 Å². The molecule has 114 valence electrons. The van der Waals surface area contributed by atoms with Gasteiger partial charge in [0.05, 0.1) is 0 Å². The third-order valence-electron chi connectivity index (χ3n) is 3.72. The smallest absolute Gasteiger partial charge is 0.279 e. The van der Waals surface area contributed by atoms with E-state index in [-0.39, 0.29) is 0 Å². The largest absolute Gasteiger partial charge is 0.314 e. The van der Waals surface area contributed by atoms with E-state index in [1.165, 1.54) is 0 Å². The van der Waals surface area contributed by atoms with Crippen molar-refractivity contribution in [3.05, 3.63) is 0 Å². The van der Waals surface area contributed by atoms with Crippen LogP contribution < -0.4 is 10.0 Å². The van der Waals surface area contributed by atoms with Crippen LogP contribution in [0.2, 0.25) is 0 Å². The van der Waals surface area contributed by atoms with Crippen LogP contribution in [-0.4, -0.2) is 44.9 Å². The Morgan fingerprint density at radius 1 is 1.26 bits per heavy atom. The third kappa shape index (κ3) is 5.38. The Labute approximate surface area is 118 Å². The molecule has 1 aliphatic heterocycles. The summed E-state index contributed by atoms with van der Waals surface area (Å²) in [6.45, 7) is 9.08. The van der Waals surface area contributed by atoms with E-state index in [0.29, 0.717) is 31.6 Å². The van der Waals surface area contributed by atoms with Gasteiger partial charge < -0.3 is 5.32 Å². The molecule has 0 aromatic rings. The van der Waals surface area contributed by atoms with Crippen LogP contribution in [0.5, 0.6) is 0 Å². The van der Waals surface area contributed by atoms with Gasteiger partial charge in [0.15, 0.2) is 0 Å². The van der Waals surface area contributed by atoms with E-state index >= 15 is 0 Å². The second kappa shape index (κ2) is 8.19. The van der Waals surface area contributed by atoms with Gasteiger partial charge in [0.2, 0.25) is 0 Å². The molecule has 1 rings (SSSR count). The molecule has 0 aromatic heterocycles. The number of nitrogens with one attached hydrogen (secondary N) is 2. The molecule has 1 aliphatic rings. The second-order valence-electron chi connectivity index (χ2n) is 5.40. The first-order valence-electron chi connectivity index (χ1n) is 7.49. The maximum Gasteiger partial charge on any atom is 0.279 e. The lowest BCUT2D eigenvalue weighted by Crippen LogP contribution is -2.50. The molecule has 0 aromatic carbocycles. The highest BCUT2D eigenvalue weighted by Gasteiger charge is 2.30. The van der Waals surface area contributed by atoms with E-state index in [1.54, 1.807) is 4.31 Å². The Kier molecular flexibility index (Phi) is 7.28. The molecule has 0 bridgehead atoms. The van der Waals surface area contributed by atoms with Gasteiger partial charge in [-0.05, 0) is 45.1 Å². The lowest BCUT2D eigenvalue weighted by atomic mass is 9.93. The van der Waals surface area contributed by atoms with Gasteiger partial charge in [0, 0.05) is 25.7 Å². The van der Waals surface area contributed by atoms with E-state index in [1.807, 2.05) is 6.92 Å². The van der Waals surface area contributed by atoms with Crippen molar-refractivity contribution in [3.63, 3.8) is 0 Å². The maximum atomic E-state index is 12.1. The predicted octanol–water partition coefficient (Wildman–Crippen LogP) is 1.33. The lowest BCUT2D eigenvalue weighted by molar-refractivity contribution is 0.222. The molecule has 2 N–H and O–H groups in total. The summed E-state index contributed by atoms with van der Waals surface area (Å²) in [4.78, 5) is 0. The average Bonchev–Trinajstić information content (AvgIpc) is 2.42. The molecule has 0 amide bonds. The zero-order valence-corrected chi connectivity index (χ0v) is 13.3. The molecule has 5 nitrogen and oxygen atoms in total. The van der Waals surface area contributed by atoms with Gasteiger partial charge in [-0.3, -0.25) is 0 Å². The van der Waals surface area contributed by atoms with E-state index < -0.39 is 10.2 Å². The van der Waals surface area contributed by atoms with E-state index in [2.05, 4.69) is 23.9 Å². The highest BCUT2D eigenvalue weighted by Crippen LogP contribution is 2.21. The molecule has 2 unspecified atom stereocenters. The summed E-state index contributed by atoms with van der Waals surface area (Å²) in [5, 5.41) is 3.48. The van der Waals surface area contributed by atoms with Gasteiger partial charge in [0.25, 0.3) is 10.2 Å². The summed E-state index contributed by atoms with van der Waals surface area (Å²) in [5.74, 6) is 0.415. The van der Waals surface area contributed by atoms with Crippen molar-refractivity contribution in [2.45, 2.75) is 52.5 Å². The number of hydrogen-bond acceptors (Lipinski definition) is 3. The normalized spacial score (nSPS) is 23.4. The molecule has 0 radical (unpaired) electrons. The molecule has 2 atom stereocenters. The third-order valence-corrected chi connectivity index (χ3v) is 5.30. The van der Waals surface area contributed by atoms with Crippen molar-refractivity contribution in [3.8, 4) is 0 Å². The van der Waals surface area contributed by atoms with E-state index in [0.717, 1.165) is 32.2 Å². The van der Waals surface area contributed by atoms with Crippen molar-refractivity contribution in [1.82, 2.24) is 14.3 Å². The Balaban J connectivity index is 2.53. The second-order valence-corrected chi connectivity index (χ2v) is 7.16. The van der Waals surface area contributed by atoms with E-state index in [4.69, 9.17) is 0 Å². The van der Waals surface area contributed by atoms with Crippen LogP contribution in [0.25, 0.3) is 0 Å². The summed E-state index contributed by atoms with van der Waals surface area (Å²) in [7, 11) is -3.28. The molecule has 6 heteroatoms. The van der Waals surface area contributed by atoms with Crippen LogP contribution in [0.4, 0.5) is 0 Å². The first-order chi connectivity index (χ1) is 9.01. The standard InChI is InChI=1S/C13H29N3O2S/c1-4-8-14-12(3)13-7-6-10-16(11-13)19(17,18)15-9-5-2/h12-15H,4-11H2,1-3H3. The molecule has 0 spiro atoms.